The fourth-order valence-corrected chi connectivity index (χ4v) is 10.6. The molecule has 0 N–H and O–H groups in total. The van der Waals surface area contributed by atoms with Gasteiger partial charge in [-0.25, -0.2) is 19.9 Å². The van der Waals surface area contributed by atoms with Crippen LogP contribution < -0.4 is 0 Å². The van der Waals surface area contributed by atoms with Crippen LogP contribution in [0.1, 0.15) is 22.3 Å². The van der Waals surface area contributed by atoms with E-state index < -0.39 is 5.41 Å². The van der Waals surface area contributed by atoms with Crippen LogP contribution in [-0.2, 0) is 5.41 Å². The van der Waals surface area contributed by atoms with Crippen LogP contribution in [0.25, 0.3) is 78.2 Å². The third-order valence-corrected chi connectivity index (χ3v) is 13.0. The zero-order valence-corrected chi connectivity index (χ0v) is 32.0. The second-order valence-electron chi connectivity index (χ2n) is 14.9. The smallest absolute Gasteiger partial charge is 0.164 e. The van der Waals surface area contributed by atoms with Crippen molar-refractivity contribution in [2.45, 2.75) is 15.2 Å². The van der Waals surface area contributed by atoms with Gasteiger partial charge in [0.15, 0.2) is 17.5 Å². The summed E-state index contributed by atoms with van der Waals surface area (Å²) in [6.07, 6.45) is 0. The van der Waals surface area contributed by atoms with Gasteiger partial charge in [-0.1, -0.05) is 182 Å². The van der Waals surface area contributed by atoms with Gasteiger partial charge >= 0.3 is 0 Å². The van der Waals surface area contributed by atoms with Gasteiger partial charge in [-0.3, -0.25) is 0 Å². The molecule has 0 amide bonds. The molecule has 270 valence electrons. The van der Waals surface area contributed by atoms with Crippen LogP contribution in [-0.4, -0.2) is 19.9 Å². The van der Waals surface area contributed by atoms with E-state index in [2.05, 4.69) is 133 Å². The van der Waals surface area contributed by atoms with Crippen LogP contribution in [0.3, 0.4) is 0 Å². The summed E-state index contributed by atoms with van der Waals surface area (Å²) in [6, 6.07) is 69.0. The average molecular weight is 757 g/mol. The molecule has 2 aliphatic rings. The summed E-state index contributed by atoms with van der Waals surface area (Å²) in [5, 5.41) is 3.36. The highest BCUT2D eigenvalue weighted by atomic mass is 32.2. The van der Waals surface area contributed by atoms with Gasteiger partial charge < -0.3 is 0 Å². The monoisotopic (exact) mass is 756 g/mol. The minimum Gasteiger partial charge on any atom is -0.247 e. The van der Waals surface area contributed by atoms with E-state index in [0.29, 0.717) is 17.5 Å². The zero-order chi connectivity index (χ0) is 38.2. The first kappa shape index (κ1) is 33.0. The van der Waals surface area contributed by atoms with Gasteiger partial charge in [-0.2, -0.15) is 0 Å². The van der Waals surface area contributed by atoms with Crippen molar-refractivity contribution in [3.8, 4) is 56.5 Å². The van der Waals surface area contributed by atoms with E-state index in [-0.39, 0.29) is 0 Å². The van der Waals surface area contributed by atoms with Crippen LogP contribution in [0.4, 0.5) is 0 Å². The number of nitrogens with zero attached hydrogens (tertiary/aromatic N) is 4. The summed E-state index contributed by atoms with van der Waals surface area (Å²) >= 11 is 1.87. The molecule has 0 fully saturated rings. The van der Waals surface area contributed by atoms with Gasteiger partial charge in [-0.05, 0) is 57.6 Å². The molecule has 1 spiro atoms. The lowest BCUT2D eigenvalue weighted by Gasteiger charge is -2.40. The minimum atomic E-state index is -0.498. The molecule has 1 aliphatic heterocycles. The Kier molecular flexibility index (Phi) is 7.34. The van der Waals surface area contributed by atoms with Crippen molar-refractivity contribution < 1.29 is 0 Å². The predicted octanol–water partition coefficient (Wildman–Crippen LogP) is 13.1. The number of benzene rings is 8. The van der Waals surface area contributed by atoms with Crippen molar-refractivity contribution >= 4 is 33.4 Å². The summed E-state index contributed by atoms with van der Waals surface area (Å²) in [5.74, 6) is 1.89. The Balaban J connectivity index is 1.19. The minimum absolute atomic E-state index is 0.498. The van der Waals surface area contributed by atoms with Crippen molar-refractivity contribution in [3.05, 3.63) is 216 Å². The van der Waals surface area contributed by atoms with Crippen LogP contribution in [0.5, 0.6) is 0 Å². The third-order valence-electron chi connectivity index (χ3n) is 11.8. The first-order chi connectivity index (χ1) is 28.8. The molecular formula is C53H32N4S. The van der Waals surface area contributed by atoms with Gasteiger partial charge in [0.05, 0.1) is 16.6 Å². The fraction of sp³-hybridized carbons (Fsp3) is 0.0189. The van der Waals surface area contributed by atoms with Gasteiger partial charge in [-0.15, -0.1) is 0 Å². The molecule has 0 unspecified atom stereocenters. The summed E-state index contributed by atoms with van der Waals surface area (Å²) in [5.41, 5.74) is 13.1. The largest absolute Gasteiger partial charge is 0.247 e. The average Bonchev–Trinajstić information content (AvgIpc) is 3.59. The Hall–Kier alpha value is -7.21. The number of aromatic nitrogens is 4. The highest BCUT2D eigenvalue weighted by Crippen LogP contribution is 2.63. The second kappa shape index (κ2) is 12.9. The van der Waals surface area contributed by atoms with E-state index in [4.69, 9.17) is 19.9 Å². The second-order valence-corrected chi connectivity index (χ2v) is 16.0. The molecule has 0 radical (unpaired) electrons. The Morgan fingerprint density at radius 2 is 0.879 bits per heavy atom. The Morgan fingerprint density at radius 1 is 0.362 bits per heavy atom. The van der Waals surface area contributed by atoms with Gasteiger partial charge in [0.1, 0.15) is 0 Å². The molecule has 0 bridgehead atoms. The molecule has 8 aromatic carbocycles. The standard InChI is InChI=1S/C53H32N4S/c1-4-16-33(17-5-1)48-39-29-30-44-49(58-46-27-15-14-26-43(46)53(44)41-24-12-10-22-37(41)38-23-11-13-25-42(38)53)47(39)40-32-36(28-31-45(40)54-48)52-56-50(34-18-6-2-7-19-34)55-51(57-52)35-20-8-3-9-21-35/h1-32H. The summed E-state index contributed by atoms with van der Waals surface area (Å²) in [6.45, 7) is 0. The topological polar surface area (TPSA) is 51.6 Å². The van der Waals surface area contributed by atoms with Crippen LogP contribution in [0, 0.1) is 0 Å². The van der Waals surface area contributed by atoms with E-state index in [1.807, 2.05) is 72.4 Å². The van der Waals surface area contributed by atoms with E-state index in [1.54, 1.807) is 0 Å². The molecule has 0 atom stereocenters. The van der Waals surface area contributed by atoms with Gasteiger partial charge in [0.25, 0.3) is 0 Å². The molecular weight excluding hydrogens is 725 g/mol. The van der Waals surface area contributed by atoms with Crippen molar-refractivity contribution in [2.75, 3.05) is 0 Å². The molecule has 58 heavy (non-hydrogen) atoms. The number of pyridine rings is 1. The van der Waals surface area contributed by atoms with Crippen LogP contribution in [0.15, 0.2) is 204 Å². The number of hydrogen-bond acceptors (Lipinski definition) is 5. The summed E-state index contributed by atoms with van der Waals surface area (Å²) < 4.78 is 0. The highest BCUT2D eigenvalue weighted by Gasteiger charge is 2.50. The molecule has 2 aromatic heterocycles. The van der Waals surface area contributed by atoms with Crippen molar-refractivity contribution in [2.24, 2.45) is 0 Å². The van der Waals surface area contributed by atoms with Crippen molar-refractivity contribution in [3.63, 3.8) is 0 Å². The van der Waals surface area contributed by atoms with Crippen molar-refractivity contribution in [1.82, 2.24) is 19.9 Å². The first-order valence-electron chi connectivity index (χ1n) is 19.6. The lowest BCUT2D eigenvalue weighted by atomic mass is 9.67. The van der Waals surface area contributed by atoms with Crippen LogP contribution >= 0.6 is 11.8 Å². The molecule has 10 aromatic rings. The molecule has 1 aliphatic carbocycles. The SMILES string of the molecule is c1ccc(-c2nc(-c3ccccc3)nc(-c3ccc4nc(-c5ccccc5)c5ccc6c(c5c4c3)Sc3ccccc3C63c4ccccc4-c4ccccc43)n2)cc1. The maximum Gasteiger partial charge on any atom is 0.164 e. The van der Waals surface area contributed by atoms with E-state index in [0.717, 1.165) is 44.2 Å². The van der Waals surface area contributed by atoms with E-state index >= 15 is 0 Å². The number of hydrogen-bond donors (Lipinski definition) is 0. The fourth-order valence-electron chi connectivity index (χ4n) is 9.29. The maximum absolute atomic E-state index is 5.43. The van der Waals surface area contributed by atoms with Gasteiger partial charge in [0.2, 0.25) is 0 Å². The molecule has 3 heterocycles. The molecule has 12 rings (SSSR count). The van der Waals surface area contributed by atoms with Crippen LogP contribution in [0.2, 0.25) is 0 Å². The molecule has 0 saturated carbocycles. The Labute approximate surface area is 340 Å². The maximum atomic E-state index is 5.43. The van der Waals surface area contributed by atoms with E-state index in [9.17, 15) is 0 Å². The quantitative estimate of drug-likeness (QED) is 0.167. The lowest BCUT2D eigenvalue weighted by Crippen LogP contribution is -2.32. The zero-order valence-electron chi connectivity index (χ0n) is 31.2. The molecule has 0 saturated heterocycles. The first-order valence-corrected chi connectivity index (χ1v) is 20.4. The number of fused-ring (bicyclic) bond motifs is 13. The Bertz CT molecular complexity index is 3150. The summed E-state index contributed by atoms with van der Waals surface area (Å²) in [4.78, 5) is 23.2. The third kappa shape index (κ3) is 4.84. The van der Waals surface area contributed by atoms with Gasteiger partial charge in [0, 0.05) is 48.2 Å². The molecule has 5 heteroatoms. The highest BCUT2D eigenvalue weighted by molar-refractivity contribution is 7.99. The Morgan fingerprint density at radius 3 is 1.50 bits per heavy atom. The normalized spacial score (nSPS) is 13.2. The van der Waals surface area contributed by atoms with E-state index in [1.165, 1.54) is 48.6 Å². The predicted molar refractivity (Wildman–Crippen MR) is 236 cm³/mol. The van der Waals surface area contributed by atoms with Crippen molar-refractivity contribution in [1.29, 1.82) is 0 Å². The summed E-state index contributed by atoms with van der Waals surface area (Å²) in [7, 11) is 0. The number of rotatable bonds is 4. The lowest BCUT2D eigenvalue weighted by molar-refractivity contribution is 0.726. The molecule has 4 nitrogen and oxygen atoms in total.